The van der Waals surface area contributed by atoms with Gasteiger partial charge in [0.25, 0.3) is 11.8 Å². The molecule has 0 unspecified atom stereocenters. The van der Waals surface area contributed by atoms with Gasteiger partial charge in [-0.1, -0.05) is 17.3 Å². The summed E-state index contributed by atoms with van der Waals surface area (Å²) in [6.07, 6.45) is 0. The molecular weight excluding hydrogens is 322 g/mol. The van der Waals surface area contributed by atoms with E-state index in [2.05, 4.69) is 5.16 Å². The second-order valence-electron chi connectivity index (χ2n) is 5.84. The summed E-state index contributed by atoms with van der Waals surface area (Å²) in [4.78, 5) is 28.6. The second kappa shape index (κ2) is 7.38. The second-order valence-corrected chi connectivity index (χ2v) is 5.84. The van der Waals surface area contributed by atoms with Crippen LogP contribution in [-0.4, -0.2) is 59.6 Å². The number of piperazine rings is 1. The molecule has 0 spiro atoms. The molecule has 0 saturated carbocycles. The molecule has 0 N–H and O–H groups in total. The fourth-order valence-corrected chi connectivity index (χ4v) is 2.84. The van der Waals surface area contributed by atoms with Crippen molar-refractivity contribution in [2.24, 2.45) is 0 Å². The topological polar surface area (TPSA) is 75.9 Å². The van der Waals surface area contributed by atoms with Crippen LogP contribution < -0.4 is 4.74 Å². The predicted octanol–water partition coefficient (Wildman–Crippen LogP) is 1.98. The SMILES string of the molecule is CCOc1ccccc1C(=O)N1CCN(C(=O)c2cc(C)on2)CC1. The molecule has 0 atom stereocenters. The average molecular weight is 343 g/mol. The number of ether oxygens (including phenoxy) is 1. The lowest BCUT2D eigenvalue weighted by atomic mass is 10.1. The lowest BCUT2D eigenvalue weighted by molar-refractivity contribution is 0.0527. The van der Waals surface area contributed by atoms with E-state index >= 15 is 0 Å². The molecule has 7 heteroatoms. The first-order valence-corrected chi connectivity index (χ1v) is 8.34. The van der Waals surface area contributed by atoms with Crippen LogP contribution in [0.15, 0.2) is 34.9 Å². The van der Waals surface area contributed by atoms with Crippen molar-refractivity contribution >= 4 is 11.8 Å². The molecule has 0 bridgehead atoms. The van der Waals surface area contributed by atoms with Crippen molar-refractivity contribution in [1.29, 1.82) is 0 Å². The minimum absolute atomic E-state index is 0.0755. The summed E-state index contributed by atoms with van der Waals surface area (Å²) in [6.45, 7) is 6.02. The van der Waals surface area contributed by atoms with Crippen LogP contribution in [0, 0.1) is 6.92 Å². The van der Waals surface area contributed by atoms with Gasteiger partial charge in [-0.25, -0.2) is 0 Å². The fourth-order valence-electron chi connectivity index (χ4n) is 2.84. The summed E-state index contributed by atoms with van der Waals surface area (Å²) in [5, 5.41) is 3.76. The third kappa shape index (κ3) is 3.65. The number of carbonyl (C=O) groups is 2. The Labute approximate surface area is 146 Å². The zero-order valence-corrected chi connectivity index (χ0v) is 14.4. The summed E-state index contributed by atoms with van der Waals surface area (Å²) in [5.74, 6) is 0.948. The molecule has 2 aromatic rings. The molecule has 132 valence electrons. The van der Waals surface area contributed by atoms with Gasteiger partial charge in [-0.15, -0.1) is 0 Å². The highest BCUT2D eigenvalue weighted by Gasteiger charge is 2.28. The molecule has 0 aliphatic carbocycles. The molecule has 0 radical (unpaired) electrons. The number of amides is 2. The molecule has 1 aliphatic rings. The van der Waals surface area contributed by atoms with Gasteiger partial charge in [0.1, 0.15) is 11.5 Å². The van der Waals surface area contributed by atoms with Gasteiger partial charge in [-0.3, -0.25) is 9.59 Å². The lowest BCUT2D eigenvalue weighted by Gasteiger charge is -2.34. The Kier molecular flexibility index (Phi) is 5.02. The Hall–Kier alpha value is -2.83. The quantitative estimate of drug-likeness (QED) is 0.848. The first kappa shape index (κ1) is 17.0. The van der Waals surface area contributed by atoms with Crippen LogP contribution >= 0.6 is 0 Å². The highest BCUT2D eigenvalue weighted by molar-refractivity contribution is 5.97. The number of hydrogen-bond donors (Lipinski definition) is 0. The molecule has 3 rings (SSSR count). The van der Waals surface area contributed by atoms with Crippen molar-refractivity contribution in [2.75, 3.05) is 32.8 Å². The van der Waals surface area contributed by atoms with Crippen molar-refractivity contribution < 1.29 is 18.8 Å². The summed E-state index contributed by atoms with van der Waals surface area (Å²) in [5.41, 5.74) is 0.857. The molecule has 7 nitrogen and oxygen atoms in total. The Morgan fingerprint density at radius 1 is 1.12 bits per heavy atom. The Morgan fingerprint density at radius 2 is 1.76 bits per heavy atom. The number of benzene rings is 1. The Bertz CT molecular complexity index is 763. The number of para-hydroxylation sites is 1. The van der Waals surface area contributed by atoms with E-state index in [4.69, 9.17) is 9.26 Å². The molecule has 1 aromatic carbocycles. The maximum Gasteiger partial charge on any atom is 0.276 e. The van der Waals surface area contributed by atoms with Gasteiger partial charge in [0, 0.05) is 32.2 Å². The highest BCUT2D eigenvalue weighted by Crippen LogP contribution is 2.21. The molecule has 2 heterocycles. The molecule has 25 heavy (non-hydrogen) atoms. The van der Waals surface area contributed by atoms with E-state index in [1.165, 1.54) is 0 Å². The van der Waals surface area contributed by atoms with Crippen LogP contribution in [0.2, 0.25) is 0 Å². The highest BCUT2D eigenvalue weighted by atomic mass is 16.5. The molecule has 1 fully saturated rings. The number of hydrogen-bond acceptors (Lipinski definition) is 5. The lowest BCUT2D eigenvalue weighted by Crippen LogP contribution is -2.50. The maximum atomic E-state index is 12.8. The van der Waals surface area contributed by atoms with E-state index in [0.29, 0.717) is 55.6 Å². The van der Waals surface area contributed by atoms with Crippen molar-refractivity contribution in [3.05, 3.63) is 47.3 Å². The summed E-state index contributed by atoms with van der Waals surface area (Å²) < 4.78 is 10.5. The summed E-state index contributed by atoms with van der Waals surface area (Å²) >= 11 is 0. The van der Waals surface area contributed by atoms with Crippen molar-refractivity contribution in [3.8, 4) is 5.75 Å². The normalized spacial score (nSPS) is 14.5. The zero-order valence-electron chi connectivity index (χ0n) is 14.4. The van der Waals surface area contributed by atoms with E-state index in [0.717, 1.165) is 0 Å². The van der Waals surface area contributed by atoms with Gasteiger partial charge in [-0.2, -0.15) is 0 Å². The number of aryl methyl sites for hydroxylation is 1. The van der Waals surface area contributed by atoms with E-state index in [1.807, 2.05) is 19.1 Å². The van der Waals surface area contributed by atoms with Gasteiger partial charge in [0.15, 0.2) is 5.69 Å². The minimum Gasteiger partial charge on any atom is -0.493 e. The molecule has 1 saturated heterocycles. The molecule has 2 amide bonds. The summed E-state index contributed by atoms with van der Waals surface area (Å²) in [6, 6.07) is 8.85. The van der Waals surface area contributed by atoms with Crippen molar-refractivity contribution in [2.45, 2.75) is 13.8 Å². The zero-order chi connectivity index (χ0) is 17.8. The Balaban J connectivity index is 1.64. The standard InChI is InChI=1S/C18H21N3O4/c1-3-24-16-7-5-4-6-14(16)17(22)20-8-10-21(11-9-20)18(23)15-12-13(2)25-19-15/h4-7,12H,3,8-11H2,1-2H3. The first-order chi connectivity index (χ1) is 12.1. The van der Waals surface area contributed by atoms with Crippen molar-refractivity contribution in [1.82, 2.24) is 15.0 Å². The third-order valence-corrected chi connectivity index (χ3v) is 4.12. The Morgan fingerprint density at radius 3 is 2.36 bits per heavy atom. The van der Waals surface area contributed by atoms with Crippen LogP contribution in [-0.2, 0) is 0 Å². The summed E-state index contributed by atoms with van der Waals surface area (Å²) in [7, 11) is 0. The van der Waals surface area contributed by atoms with Gasteiger partial charge in [-0.05, 0) is 26.0 Å². The van der Waals surface area contributed by atoms with Crippen LogP contribution in [0.3, 0.4) is 0 Å². The van der Waals surface area contributed by atoms with Gasteiger partial charge in [0.2, 0.25) is 0 Å². The molecule has 1 aliphatic heterocycles. The van der Waals surface area contributed by atoms with Crippen molar-refractivity contribution in [3.63, 3.8) is 0 Å². The third-order valence-electron chi connectivity index (χ3n) is 4.12. The smallest absolute Gasteiger partial charge is 0.276 e. The number of aromatic nitrogens is 1. The average Bonchev–Trinajstić information content (AvgIpc) is 3.08. The van der Waals surface area contributed by atoms with Gasteiger partial charge in [0.05, 0.1) is 12.2 Å². The monoisotopic (exact) mass is 343 g/mol. The predicted molar refractivity (Wildman–Crippen MR) is 90.7 cm³/mol. The van der Waals surface area contributed by atoms with Crippen LogP contribution in [0.25, 0.3) is 0 Å². The number of rotatable bonds is 4. The van der Waals surface area contributed by atoms with Crippen LogP contribution in [0.4, 0.5) is 0 Å². The van der Waals surface area contributed by atoms with E-state index in [9.17, 15) is 9.59 Å². The molecule has 1 aromatic heterocycles. The maximum absolute atomic E-state index is 12.8. The minimum atomic E-state index is -0.168. The largest absolute Gasteiger partial charge is 0.493 e. The van der Waals surface area contributed by atoms with Gasteiger partial charge < -0.3 is 19.1 Å². The molecular formula is C18H21N3O4. The van der Waals surface area contributed by atoms with Gasteiger partial charge >= 0.3 is 0 Å². The van der Waals surface area contributed by atoms with E-state index in [-0.39, 0.29) is 11.8 Å². The van der Waals surface area contributed by atoms with E-state index < -0.39 is 0 Å². The van der Waals surface area contributed by atoms with Crippen LogP contribution in [0.1, 0.15) is 33.5 Å². The van der Waals surface area contributed by atoms with Crippen LogP contribution in [0.5, 0.6) is 5.75 Å². The number of carbonyl (C=O) groups excluding carboxylic acids is 2. The first-order valence-electron chi connectivity index (χ1n) is 8.34. The fraction of sp³-hybridized carbons (Fsp3) is 0.389. The van der Waals surface area contributed by atoms with E-state index in [1.54, 1.807) is 34.9 Å². The number of nitrogens with zero attached hydrogens (tertiary/aromatic N) is 3.